The molecule has 0 aliphatic carbocycles. The molecule has 1 heterocycles. The molecule has 0 N–H and O–H groups in total. The van der Waals surface area contributed by atoms with Crippen LogP contribution in [0.5, 0.6) is 17.2 Å². The molecule has 1 amide bonds. The van der Waals surface area contributed by atoms with Crippen molar-refractivity contribution in [3.8, 4) is 17.2 Å². The molecule has 0 bridgehead atoms. The number of rotatable bonds is 11. The largest absolute Gasteiger partial charge is 0.493 e. The van der Waals surface area contributed by atoms with Crippen LogP contribution in [0.15, 0.2) is 101 Å². The van der Waals surface area contributed by atoms with Gasteiger partial charge in [0.25, 0.3) is 5.91 Å². The first-order valence-corrected chi connectivity index (χ1v) is 12.6. The number of nitrogens with zero attached hydrogens (tertiary/aromatic N) is 1. The third-order valence-electron chi connectivity index (χ3n) is 5.29. The quantitative estimate of drug-likeness (QED) is 0.260. The Labute approximate surface area is 213 Å². The van der Waals surface area contributed by atoms with Gasteiger partial charge in [-0.2, -0.15) is 8.42 Å². The van der Waals surface area contributed by atoms with E-state index in [1.807, 2.05) is 6.07 Å². The summed E-state index contributed by atoms with van der Waals surface area (Å²) in [6, 6.07) is 21.4. The number of furan rings is 1. The van der Waals surface area contributed by atoms with Gasteiger partial charge >= 0.3 is 10.1 Å². The summed E-state index contributed by atoms with van der Waals surface area (Å²) in [6.07, 6.45) is 1.51. The number of carbonyl (C=O) groups is 1. The molecule has 0 aliphatic rings. The standard InChI is InChI=1S/C27H24FNO7S/c1-33-25-14-9-20(16-26(25)36-37(31,32)24-12-10-21(28)11-13-24)17-29(18-23-8-5-15-34-23)27(30)19-35-22-6-3-2-4-7-22/h2-16H,17-19H2,1H3. The van der Waals surface area contributed by atoms with Gasteiger partial charge in [0.2, 0.25) is 0 Å². The van der Waals surface area contributed by atoms with Gasteiger partial charge in [-0.15, -0.1) is 0 Å². The van der Waals surface area contributed by atoms with Gasteiger partial charge in [-0.25, -0.2) is 4.39 Å². The summed E-state index contributed by atoms with van der Waals surface area (Å²) in [5, 5.41) is 0. The van der Waals surface area contributed by atoms with Gasteiger partial charge in [-0.05, 0) is 66.2 Å². The number of amides is 1. The molecule has 8 nitrogen and oxygen atoms in total. The summed E-state index contributed by atoms with van der Waals surface area (Å²) in [4.78, 5) is 14.4. The minimum absolute atomic E-state index is 0.0738. The third-order valence-corrected chi connectivity index (χ3v) is 6.54. The highest BCUT2D eigenvalue weighted by molar-refractivity contribution is 7.87. The molecule has 0 saturated carbocycles. The number of hydrogen-bond acceptors (Lipinski definition) is 7. The van der Waals surface area contributed by atoms with Crippen LogP contribution in [0.25, 0.3) is 0 Å². The van der Waals surface area contributed by atoms with E-state index in [0.29, 0.717) is 17.1 Å². The fraction of sp³-hybridized carbons (Fsp3) is 0.148. The molecule has 10 heteroatoms. The van der Waals surface area contributed by atoms with Crippen LogP contribution >= 0.6 is 0 Å². The number of hydrogen-bond donors (Lipinski definition) is 0. The second-order valence-corrected chi connectivity index (χ2v) is 9.45. The summed E-state index contributed by atoms with van der Waals surface area (Å²) < 4.78 is 60.4. The number of para-hydroxylation sites is 1. The summed E-state index contributed by atoms with van der Waals surface area (Å²) in [5.41, 5.74) is 0.574. The van der Waals surface area contributed by atoms with Gasteiger partial charge in [0, 0.05) is 6.54 Å². The Morgan fingerprint density at radius 1 is 0.919 bits per heavy atom. The average Bonchev–Trinajstić information content (AvgIpc) is 3.41. The second kappa shape index (κ2) is 11.6. The van der Waals surface area contributed by atoms with Gasteiger partial charge < -0.3 is 23.0 Å². The van der Waals surface area contributed by atoms with Gasteiger partial charge in [-0.3, -0.25) is 4.79 Å². The third kappa shape index (κ3) is 6.89. The lowest BCUT2D eigenvalue weighted by Crippen LogP contribution is -2.34. The molecule has 1 aromatic heterocycles. The zero-order chi connectivity index (χ0) is 26.3. The lowest BCUT2D eigenvalue weighted by atomic mass is 10.2. The molecule has 0 radical (unpaired) electrons. The number of methoxy groups -OCH3 is 1. The van der Waals surface area contributed by atoms with Gasteiger partial charge in [0.15, 0.2) is 18.1 Å². The van der Waals surface area contributed by atoms with E-state index in [0.717, 1.165) is 24.3 Å². The second-order valence-electron chi connectivity index (χ2n) is 7.91. The number of halogens is 1. The smallest absolute Gasteiger partial charge is 0.339 e. The minimum Gasteiger partial charge on any atom is -0.493 e. The Morgan fingerprint density at radius 3 is 2.35 bits per heavy atom. The lowest BCUT2D eigenvalue weighted by molar-refractivity contribution is -0.134. The van der Waals surface area contributed by atoms with E-state index in [1.54, 1.807) is 48.5 Å². The topological polar surface area (TPSA) is 95.3 Å². The maximum absolute atomic E-state index is 13.2. The van der Waals surface area contributed by atoms with E-state index in [4.69, 9.17) is 18.1 Å². The van der Waals surface area contributed by atoms with Crippen molar-refractivity contribution in [2.24, 2.45) is 0 Å². The molecule has 4 rings (SSSR count). The molecule has 0 spiro atoms. The van der Waals surface area contributed by atoms with Crippen molar-refractivity contribution in [1.82, 2.24) is 4.90 Å². The Balaban J connectivity index is 1.55. The average molecular weight is 526 g/mol. The number of benzene rings is 3. The van der Waals surface area contributed by atoms with Crippen LogP contribution in [0, 0.1) is 5.82 Å². The lowest BCUT2D eigenvalue weighted by Gasteiger charge is -2.22. The predicted octanol–water partition coefficient (Wildman–Crippen LogP) is 4.80. The summed E-state index contributed by atoms with van der Waals surface area (Å²) >= 11 is 0. The highest BCUT2D eigenvalue weighted by Gasteiger charge is 2.22. The van der Waals surface area contributed by atoms with Crippen LogP contribution in [-0.2, 0) is 28.0 Å². The first kappa shape index (κ1) is 25.8. The van der Waals surface area contributed by atoms with Crippen molar-refractivity contribution in [2.75, 3.05) is 13.7 Å². The van der Waals surface area contributed by atoms with Gasteiger partial charge in [0.1, 0.15) is 22.2 Å². The highest BCUT2D eigenvalue weighted by Crippen LogP contribution is 2.31. The van der Waals surface area contributed by atoms with E-state index in [2.05, 4.69) is 0 Å². The maximum atomic E-state index is 13.2. The van der Waals surface area contributed by atoms with Crippen LogP contribution in [-0.4, -0.2) is 32.9 Å². The SMILES string of the molecule is COc1ccc(CN(Cc2ccco2)C(=O)COc2ccccc2)cc1OS(=O)(=O)c1ccc(F)cc1. The van der Waals surface area contributed by atoms with E-state index in [-0.39, 0.29) is 42.0 Å². The van der Waals surface area contributed by atoms with E-state index in [1.165, 1.54) is 24.3 Å². The van der Waals surface area contributed by atoms with E-state index in [9.17, 15) is 17.6 Å². The molecular formula is C27H24FNO7S. The Morgan fingerprint density at radius 2 is 1.68 bits per heavy atom. The fourth-order valence-electron chi connectivity index (χ4n) is 3.45. The summed E-state index contributed by atoms with van der Waals surface area (Å²) in [5.74, 6) is 0.339. The first-order valence-electron chi connectivity index (χ1n) is 11.2. The zero-order valence-corrected chi connectivity index (χ0v) is 20.7. The molecule has 0 unspecified atom stereocenters. The fourth-order valence-corrected chi connectivity index (χ4v) is 4.38. The van der Waals surface area contributed by atoms with Gasteiger partial charge in [0.05, 0.1) is 19.9 Å². The van der Waals surface area contributed by atoms with Crippen molar-refractivity contribution < 1.29 is 35.7 Å². The monoisotopic (exact) mass is 525 g/mol. The van der Waals surface area contributed by atoms with E-state index >= 15 is 0 Å². The Bertz CT molecular complexity index is 1420. The Hall–Kier alpha value is -4.31. The summed E-state index contributed by atoms with van der Waals surface area (Å²) in [6.45, 7) is 0.0674. The molecule has 4 aromatic rings. The number of carbonyl (C=O) groups excluding carboxylic acids is 1. The van der Waals surface area contributed by atoms with Crippen LogP contribution < -0.4 is 13.7 Å². The van der Waals surface area contributed by atoms with Crippen molar-refractivity contribution in [3.63, 3.8) is 0 Å². The molecular weight excluding hydrogens is 501 g/mol. The molecule has 3 aromatic carbocycles. The number of ether oxygens (including phenoxy) is 2. The van der Waals surface area contributed by atoms with Crippen LogP contribution in [0.3, 0.4) is 0 Å². The van der Waals surface area contributed by atoms with Crippen molar-refractivity contribution in [2.45, 2.75) is 18.0 Å². The molecule has 0 saturated heterocycles. The van der Waals surface area contributed by atoms with Crippen molar-refractivity contribution >= 4 is 16.0 Å². The highest BCUT2D eigenvalue weighted by atomic mass is 32.2. The van der Waals surface area contributed by atoms with Crippen LogP contribution in [0.1, 0.15) is 11.3 Å². The Kier molecular flexibility index (Phi) is 8.09. The molecule has 37 heavy (non-hydrogen) atoms. The molecule has 0 fully saturated rings. The van der Waals surface area contributed by atoms with Crippen LogP contribution in [0.2, 0.25) is 0 Å². The summed E-state index contributed by atoms with van der Waals surface area (Å²) in [7, 11) is -2.89. The predicted molar refractivity (Wildman–Crippen MR) is 132 cm³/mol. The van der Waals surface area contributed by atoms with Crippen LogP contribution in [0.4, 0.5) is 4.39 Å². The normalized spacial score (nSPS) is 11.1. The zero-order valence-electron chi connectivity index (χ0n) is 19.9. The van der Waals surface area contributed by atoms with Crippen molar-refractivity contribution in [3.05, 3.63) is 108 Å². The maximum Gasteiger partial charge on any atom is 0.339 e. The molecule has 192 valence electrons. The van der Waals surface area contributed by atoms with Gasteiger partial charge in [-0.1, -0.05) is 24.3 Å². The molecule has 0 aliphatic heterocycles. The first-order chi connectivity index (χ1) is 17.8. The van der Waals surface area contributed by atoms with E-state index < -0.39 is 15.9 Å². The minimum atomic E-state index is -4.27. The molecule has 0 atom stereocenters. The van der Waals surface area contributed by atoms with Crippen molar-refractivity contribution in [1.29, 1.82) is 0 Å².